The second kappa shape index (κ2) is 5.33. The van der Waals surface area contributed by atoms with Crippen molar-refractivity contribution in [3.63, 3.8) is 0 Å². The first-order chi connectivity index (χ1) is 8.66. The molecule has 2 N–H and O–H groups in total. The molecule has 1 fully saturated rings. The number of anilines is 1. The fourth-order valence-corrected chi connectivity index (χ4v) is 2.22. The molecular formula is C13H19N3O2. The molecule has 1 aromatic rings. The van der Waals surface area contributed by atoms with Crippen LogP contribution in [0.5, 0.6) is 0 Å². The third-order valence-corrected chi connectivity index (χ3v) is 3.60. The van der Waals surface area contributed by atoms with Crippen molar-refractivity contribution in [1.82, 2.24) is 9.97 Å². The van der Waals surface area contributed by atoms with Crippen LogP contribution in [0.4, 0.5) is 5.82 Å². The van der Waals surface area contributed by atoms with Crippen LogP contribution in [0.15, 0.2) is 12.4 Å². The van der Waals surface area contributed by atoms with Crippen molar-refractivity contribution in [2.75, 3.05) is 11.9 Å². The standard InChI is InChI=1S/C13H19N3O2/c1-2-4-10-7-11(16-9-15-10)14-8-13(12(17)18)5-3-6-13/h7,9H,2-6,8H2,1H3,(H,17,18)(H,14,15,16). The molecule has 0 saturated heterocycles. The van der Waals surface area contributed by atoms with Gasteiger partial charge in [-0.15, -0.1) is 0 Å². The minimum absolute atomic E-state index is 0.449. The summed E-state index contributed by atoms with van der Waals surface area (Å²) < 4.78 is 0. The second-order valence-electron chi connectivity index (χ2n) is 4.94. The number of carboxylic acids is 1. The second-order valence-corrected chi connectivity index (χ2v) is 4.94. The van der Waals surface area contributed by atoms with Crippen LogP contribution in [0.2, 0.25) is 0 Å². The molecule has 0 unspecified atom stereocenters. The normalized spacial score (nSPS) is 16.9. The summed E-state index contributed by atoms with van der Waals surface area (Å²) in [6.45, 7) is 2.55. The Bertz CT molecular complexity index is 430. The Kier molecular flexibility index (Phi) is 3.79. The van der Waals surface area contributed by atoms with Gasteiger partial charge in [-0.05, 0) is 19.3 Å². The molecule has 0 aliphatic heterocycles. The quantitative estimate of drug-likeness (QED) is 0.807. The van der Waals surface area contributed by atoms with Gasteiger partial charge < -0.3 is 10.4 Å². The summed E-state index contributed by atoms with van der Waals surface area (Å²) in [5, 5.41) is 12.4. The van der Waals surface area contributed by atoms with Crippen molar-refractivity contribution < 1.29 is 9.90 Å². The number of aryl methyl sites for hydroxylation is 1. The number of nitrogens with one attached hydrogen (secondary N) is 1. The first-order valence-corrected chi connectivity index (χ1v) is 6.44. The van der Waals surface area contributed by atoms with Crippen molar-refractivity contribution in [1.29, 1.82) is 0 Å². The van der Waals surface area contributed by atoms with Gasteiger partial charge in [0.2, 0.25) is 0 Å². The van der Waals surface area contributed by atoms with Gasteiger partial charge in [0.05, 0.1) is 5.41 Å². The van der Waals surface area contributed by atoms with Gasteiger partial charge in [-0.25, -0.2) is 9.97 Å². The van der Waals surface area contributed by atoms with E-state index in [1.165, 1.54) is 6.33 Å². The molecule has 0 amide bonds. The summed E-state index contributed by atoms with van der Waals surface area (Å²) in [5.74, 6) is 0.0186. The molecule has 1 aliphatic carbocycles. The Morgan fingerprint density at radius 1 is 1.50 bits per heavy atom. The summed E-state index contributed by atoms with van der Waals surface area (Å²) in [6.07, 6.45) is 5.99. The van der Waals surface area contributed by atoms with Gasteiger partial charge in [0, 0.05) is 18.3 Å². The highest BCUT2D eigenvalue weighted by atomic mass is 16.4. The maximum atomic E-state index is 11.2. The van der Waals surface area contributed by atoms with Crippen molar-refractivity contribution in [3.05, 3.63) is 18.1 Å². The zero-order chi connectivity index (χ0) is 13.0. The van der Waals surface area contributed by atoms with Gasteiger partial charge in [0.1, 0.15) is 12.1 Å². The highest BCUT2D eigenvalue weighted by Crippen LogP contribution is 2.41. The van der Waals surface area contributed by atoms with Gasteiger partial charge in [-0.1, -0.05) is 19.8 Å². The Balaban J connectivity index is 1.97. The van der Waals surface area contributed by atoms with Gasteiger partial charge >= 0.3 is 5.97 Å². The Labute approximate surface area is 107 Å². The SMILES string of the molecule is CCCc1cc(NCC2(C(=O)O)CCC2)ncn1. The first kappa shape index (κ1) is 12.8. The highest BCUT2D eigenvalue weighted by molar-refractivity contribution is 5.76. The van der Waals surface area contributed by atoms with Crippen LogP contribution < -0.4 is 5.32 Å². The maximum absolute atomic E-state index is 11.2. The molecule has 1 aliphatic rings. The predicted octanol–water partition coefficient (Wildman–Crippen LogP) is 2.10. The lowest BCUT2D eigenvalue weighted by molar-refractivity contribution is -0.153. The van der Waals surface area contributed by atoms with E-state index >= 15 is 0 Å². The Morgan fingerprint density at radius 2 is 2.28 bits per heavy atom. The molecule has 18 heavy (non-hydrogen) atoms. The lowest BCUT2D eigenvalue weighted by Gasteiger charge is -2.37. The van der Waals surface area contributed by atoms with E-state index in [9.17, 15) is 9.90 Å². The van der Waals surface area contributed by atoms with E-state index in [4.69, 9.17) is 0 Å². The molecule has 0 atom stereocenters. The number of carbonyl (C=O) groups is 1. The van der Waals surface area contributed by atoms with E-state index < -0.39 is 11.4 Å². The van der Waals surface area contributed by atoms with Crippen molar-refractivity contribution in [3.8, 4) is 0 Å². The van der Waals surface area contributed by atoms with E-state index in [0.717, 1.165) is 43.6 Å². The van der Waals surface area contributed by atoms with Crippen LogP contribution in [-0.2, 0) is 11.2 Å². The fourth-order valence-electron chi connectivity index (χ4n) is 2.22. The average molecular weight is 249 g/mol. The van der Waals surface area contributed by atoms with Crippen LogP contribution in [0.25, 0.3) is 0 Å². The van der Waals surface area contributed by atoms with Crippen molar-refractivity contribution >= 4 is 11.8 Å². The molecule has 1 aromatic heterocycles. The molecule has 98 valence electrons. The van der Waals surface area contributed by atoms with Gasteiger partial charge in [0.15, 0.2) is 0 Å². The van der Waals surface area contributed by atoms with Gasteiger partial charge in [-0.2, -0.15) is 0 Å². The van der Waals surface area contributed by atoms with Crippen molar-refractivity contribution in [2.45, 2.75) is 39.0 Å². The largest absolute Gasteiger partial charge is 0.481 e. The minimum atomic E-state index is -0.705. The molecule has 0 aromatic carbocycles. The molecule has 0 radical (unpaired) electrons. The number of hydrogen-bond donors (Lipinski definition) is 2. The fraction of sp³-hybridized carbons (Fsp3) is 0.615. The van der Waals surface area contributed by atoms with E-state index in [1.54, 1.807) is 0 Å². The molecule has 0 spiro atoms. The van der Waals surface area contributed by atoms with Crippen LogP contribution in [0.1, 0.15) is 38.3 Å². The average Bonchev–Trinajstić information content (AvgIpc) is 2.28. The molecule has 1 saturated carbocycles. The van der Waals surface area contributed by atoms with Crippen LogP contribution in [-0.4, -0.2) is 27.6 Å². The number of carboxylic acid groups (broad SMARTS) is 1. The molecule has 5 nitrogen and oxygen atoms in total. The number of hydrogen-bond acceptors (Lipinski definition) is 4. The predicted molar refractivity (Wildman–Crippen MR) is 68.4 cm³/mol. The van der Waals surface area contributed by atoms with E-state index in [1.807, 2.05) is 6.07 Å². The van der Waals surface area contributed by atoms with E-state index in [0.29, 0.717) is 6.54 Å². The van der Waals surface area contributed by atoms with Gasteiger partial charge in [-0.3, -0.25) is 4.79 Å². The molecular weight excluding hydrogens is 230 g/mol. The van der Waals surface area contributed by atoms with Crippen LogP contribution in [0, 0.1) is 5.41 Å². The van der Waals surface area contributed by atoms with Crippen LogP contribution in [0.3, 0.4) is 0 Å². The third-order valence-electron chi connectivity index (χ3n) is 3.60. The lowest BCUT2D eigenvalue weighted by atomic mass is 9.69. The monoisotopic (exact) mass is 249 g/mol. The number of aromatic nitrogens is 2. The smallest absolute Gasteiger partial charge is 0.311 e. The summed E-state index contributed by atoms with van der Waals surface area (Å²) >= 11 is 0. The Hall–Kier alpha value is -1.65. The van der Waals surface area contributed by atoms with Gasteiger partial charge in [0.25, 0.3) is 0 Å². The highest BCUT2D eigenvalue weighted by Gasteiger charge is 2.44. The maximum Gasteiger partial charge on any atom is 0.311 e. The lowest BCUT2D eigenvalue weighted by Crippen LogP contribution is -2.43. The van der Waals surface area contributed by atoms with E-state index in [-0.39, 0.29) is 0 Å². The molecule has 0 bridgehead atoms. The molecule has 5 heteroatoms. The number of rotatable bonds is 6. The number of aliphatic carboxylic acids is 1. The third kappa shape index (κ3) is 2.60. The minimum Gasteiger partial charge on any atom is -0.481 e. The molecule has 1 heterocycles. The number of nitrogens with zero attached hydrogens (tertiary/aromatic N) is 2. The summed E-state index contributed by atoms with van der Waals surface area (Å²) in [4.78, 5) is 19.5. The molecule has 2 rings (SSSR count). The van der Waals surface area contributed by atoms with Crippen LogP contribution >= 0.6 is 0 Å². The summed E-state index contributed by atoms with van der Waals surface area (Å²) in [7, 11) is 0. The van der Waals surface area contributed by atoms with E-state index in [2.05, 4.69) is 22.2 Å². The Morgan fingerprint density at radius 3 is 2.83 bits per heavy atom. The van der Waals surface area contributed by atoms with Crippen molar-refractivity contribution in [2.24, 2.45) is 5.41 Å². The topological polar surface area (TPSA) is 75.1 Å². The summed E-state index contributed by atoms with van der Waals surface area (Å²) in [5.41, 5.74) is 0.406. The summed E-state index contributed by atoms with van der Waals surface area (Å²) in [6, 6.07) is 1.90. The first-order valence-electron chi connectivity index (χ1n) is 6.44. The zero-order valence-electron chi connectivity index (χ0n) is 10.6. The zero-order valence-corrected chi connectivity index (χ0v) is 10.6.